The minimum absolute atomic E-state index is 0.461. The highest BCUT2D eigenvalue weighted by Gasteiger charge is 2.16. The molecule has 0 unspecified atom stereocenters. The molecule has 1 aliphatic rings. The van der Waals surface area contributed by atoms with E-state index in [-0.39, 0.29) is 0 Å². The molecule has 0 saturated heterocycles. The zero-order valence-electron chi connectivity index (χ0n) is 13.3. The van der Waals surface area contributed by atoms with Gasteiger partial charge in [0.15, 0.2) is 0 Å². The minimum Gasteiger partial charge on any atom is -0.309 e. The standard InChI is InChI=1S/C18H21ClN2O2/c1-13-15(19)8-5-9-16(13)21-11-10-20(17(22)18(21)23)12-14-6-3-2-4-7-14/h5,8-11,14H,2-4,6-7,12H2,1H3. The molecule has 1 heterocycles. The smallest absolute Gasteiger partial charge is 0.309 e. The van der Waals surface area contributed by atoms with Crippen molar-refractivity contribution in [3.8, 4) is 5.69 Å². The lowest BCUT2D eigenvalue weighted by Crippen LogP contribution is -2.41. The van der Waals surface area contributed by atoms with Gasteiger partial charge in [-0.25, -0.2) is 0 Å². The molecule has 5 heteroatoms. The van der Waals surface area contributed by atoms with Gasteiger partial charge >= 0.3 is 11.1 Å². The van der Waals surface area contributed by atoms with Gasteiger partial charge in [0.25, 0.3) is 0 Å². The number of halogens is 1. The Labute approximate surface area is 140 Å². The summed E-state index contributed by atoms with van der Waals surface area (Å²) in [4.78, 5) is 24.9. The normalized spacial score (nSPS) is 15.7. The SMILES string of the molecule is Cc1c(Cl)cccc1-n1ccn(CC2CCCCC2)c(=O)c1=O. The molecule has 23 heavy (non-hydrogen) atoms. The molecular weight excluding hydrogens is 312 g/mol. The van der Waals surface area contributed by atoms with Crippen LogP contribution in [-0.2, 0) is 6.54 Å². The molecule has 1 aliphatic carbocycles. The monoisotopic (exact) mass is 332 g/mol. The average molecular weight is 333 g/mol. The third kappa shape index (κ3) is 3.27. The molecule has 1 fully saturated rings. The largest absolute Gasteiger partial charge is 0.320 e. The quantitative estimate of drug-likeness (QED) is 0.807. The van der Waals surface area contributed by atoms with E-state index < -0.39 is 11.1 Å². The summed E-state index contributed by atoms with van der Waals surface area (Å²) in [5.41, 5.74) is 0.469. The fraction of sp³-hybridized carbons (Fsp3) is 0.444. The lowest BCUT2D eigenvalue weighted by molar-refractivity contribution is 0.315. The molecule has 0 amide bonds. The van der Waals surface area contributed by atoms with Crippen LogP contribution in [0.1, 0.15) is 37.7 Å². The second kappa shape index (κ2) is 6.75. The van der Waals surface area contributed by atoms with Crippen molar-refractivity contribution in [1.29, 1.82) is 0 Å². The van der Waals surface area contributed by atoms with E-state index in [2.05, 4.69) is 0 Å². The fourth-order valence-corrected chi connectivity index (χ4v) is 3.52. The van der Waals surface area contributed by atoms with E-state index in [0.717, 1.165) is 18.4 Å². The Hall–Kier alpha value is -1.81. The van der Waals surface area contributed by atoms with Gasteiger partial charge in [-0.15, -0.1) is 0 Å². The predicted octanol–water partition coefficient (Wildman–Crippen LogP) is 3.54. The average Bonchev–Trinajstić information content (AvgIpc) is 2.56. The number of nitrogens with zero attached hydrogens (tertiary/aromatic N) is 2. The third-order valence-electron chi connectivity index (χ3n) is 4.74. The highest BCUT2D eigenvalue weighted by Crippen LogP contribution is 2.24. The summed E-state index contributed by atoms with van der Waals surface area (Å²) in [6.45, 7) is 2.49. The zero-order chi connectivity index (χ0) is 16.4. The first kappa shape index (κ1) is 16.1. The first-order chi connectivity index (χ1) is 11.1. The van der Waals surface area contributed by atoms with Crippen LogP contribution in [0.2, 0.25) is 5.02 Å². The maximum absolute atomic E-state index is 12.5. The topological polar surface area (TPSA) is 44.0 Å². The first-order valence-corrected chi connectivity index (χ1v) is 8.53. The molecule has 1 aromatic heterocycles. The van der Waals surface area contributed by atoms with Crippen molar-refractivity contribution in [2.45, 2.75) is 45.6 Å². The van der Waals surface area contributed by atoms with Gasteiger partial charge in [-0.3, -0.25) is 14.2 Å². The summed E-state index contributed by atoms with van der Waals surface area (Å²) < 4.78 is 2.95. The molecule has 0 radical (unpaired) electrons. The molecule has 1 saturated carbocycles. The van der Waals surface area contributed by atoms with E-state index >= 15 is 0 Å². The van der Waals surface area contributed by atoms with Crippen LogP contribution in [0.25, 0.3) is 5.69 Å². The Kier molecular flexibility index (Phi) is 4.71. The Morgan fingerprint density at radius 2 is 1.83 bits per heavy atom. The summed E-state index contributed by atoms with van der Waals surface area (Å²) >= 11 is 6.12. The lowest BCUT2D eigenvalue weighted by Gasteiger charge is -2.22. The van der Waals surface area contributed by atoms with Crippen LogP contribution < -0.4 is 11.1 Å². The van der Waals surface area contributed by atoms with E-state index in [1.165, 1.54) is 23.8 Å². The Bertz CT molecular complexity index is 817. The number of aromatic nitrogens is 2. The molecule has 0 aliphatic heterocycles. The van der Waals surface area contributed by atoms with Crippen molar-refractivity contribution in [2.24, 2.45) is 5.92 Å². The van der Waals surface area contributed by atoms with Crippen molar-refractivity contribution in [1.82, 2.24) is 9.13 Å². The van der Waals surface area contributed by atoms with Crippen molar-refractivity contribution < 1.29 is 0 Å². The van der Waals surface area contributed by atoms with Crippen LogP contribution in [0.4, 0.5) is 0 Å². The highest BCUT2D eigenvalue weighted by atomic mass is 35.5. The van der Waals surface area contributed by atoms with Crippen LogP contribution in [0.3, 0.4) is 0 Å². The highest BCUT2D eigenvalue weighted by molar-refractivity contribution is 6.31. The molecule has 122 valence electrons. The molecule has 0 atom stereocenters. The van der Waals surface area contributed by atoms with Gasteiger partial charge in [0.1, 0.15) is 0 Å². The van der Waals surface area contributed by atoms with Gasteiger partial charge in [0, 0.05) is 24.0 Å². The number of hydrogen-bond acceptors (Lipinski definition) is 2. The summed E-state index contributed by atoms with van der Waals surface area (Å²) in [6, 6.07) is 5.36. The van der Waals surface area contributed by atoms with Crippen LogP contribution in [0, 0.1) is 12.8 Å². The molecule has 2 aromatic rings. The summed E-state index contributed by atoms with van der Waals surface area (Å²) in [7, 11) is 0. The van der Waals surface area contributed by atoms with Gasteiger partial charge in [-0.2, -0.15) is 0 Å². The van der Waals surface area contributed by atoms with Gasteiger partial charge in [0.05, 0.1) is 5.69 Å². The molecule has 0 N–H and O–H groups in total. The number of rotatable bonds is 3. The first-order valence-electron chi connectivity index (χ1n) is 8.15. The molecular formula is C18H21ClN2O2. The van der Waals surface area contributed by atoms with Crippen LogP contribution in [0.15, 0.2) is 40.2 Å². The molecule has 3 rings (SSSR count). The maximum atomic E-state index is 12.5. The third-order valence-corrected chi connectivity index (χ3v) is 5.15. The zero-order valence-corrected chi connectivity index (χ0v) is 14.1. The summed E-state index contributed by atoms with van der Waals surface area (Å²) in [5, 5.41) is 0.584. The van der Waals surface area contributed by atoms with Crippen molar-refractivity contribution in [3.63, 3.8) is 0 Å². The Morgan fingerprint density at radius 3 is 2.57 bits per heavy atom. The Morgan fingerprint density at radius 1 is 1.09 bits per heavy atom. The van der Waals surface area contributed by atoms with Crippen molar-refractivity contribution in [3.05, 3.63) is 61.9 Å². The second-order valence-corrected chi connectivity index (χ2v) is 6.73. The lowest BCUT2D eigenvalue weighted by atomic mass is 9.89. The van der Waals surface area contributed by atoms with Crippen molar-refractivity contribution >= 4 is 11.6 Å². The van der Waals surface area contributed by atoms with Gasteiger partial charge in [-0.1, -0.05) is 36.9 Å². The van der Waals surface area contributed by atoms with E-state index in [1.54, 1.807) is 35.2 Å². The maximum Gasteiger partial charge on any atom is 0.320 e. The minimum atomic E-state index is -0.520. The van der Waals surface area contributed by atoms with E-state index in [4.69, 9.17) is 11.6 Å². The van der Waals surface area contributed by atoms with Crippen LogP contribution in [-0.4, -0.2) is 9.13 Å². The number of benzene rings is 1. The second-order valence-electron chi connectivity index (χ2n) is 6.32. The van der Waals surface area contributed by atoms with Crippen molar-refractivity contribution in [2.75, 3.05) is 0 Å². The van der Waals surface area contributed by atoms with Gasteiger partial charge < -0.3 is 4.57 Å². The van der Waals surface area contributed by atoms with Crippen LogP contribution in [0.5, 0.6) is 0 Å². The van der Waals surface area contributed by atoms with Crippen LogP contribution >= 0.6 is 11.6 Å². The Balaban J connectivity index is 1.96. The predicted molar refractivity (Wildman–Crippen MR) is 92.6 cm³/mol. The number of hydrogen-bond donors (Lipinski definition) is 0. The summed E-state index contributed by atoms with van der Waals surface area (Å²) in [6.07, 6.45) is 9.40. The van der Waals surface area contributed by atoms with E-state index in [9.17, 15) is 9.59 Å². The van der Waals surface area contributed by atoms with Gasteiger partial charge in [-0.05, 0) is 43.4 Å². The summed E-state index contributed by atoms with van der Waals surface area (Å²) in [5.74, 6) is 0.504. The molecule has 4 nitrogen and oxygen atoms in total. The fourth-order valence-electron chi connectivity index (χ4n) is 3.35. The van der Waals surface area contributed by atoms with E-state index in [1.807, 2.05) is 6.92 Å². The van der Waals surface area contributed by atoms with E-state index in [0.29, 0.717) is 23.2 Å². The molecule has 1 aromatic carbocycles. The van der Waals surface area contributed by atoms with Gasteiger partial charge in [0.2, 0.25) is 0 Å². The molecule has 0 spiro atoms. The molecule has 0 bridgehead atoms.